The Kier molecular flexibility index (Phi) is 3.21. The number of para-hydroxylation sites is 1. The molecule has 7 heteroatoms. The highest BCUT2D eigenvalue weighted by molar-refractivity contribution is 7.99. The first-order chi connectivity index (χ1) is 9.69. The maximum absolute atomic E-state index is 14.2. The quantitative estimate of drug-likeness (QED) is 0.695. The Balaban J connectivity index is 2.60. The fraction of sp³-hybridized carbons (Fsp3) is 0.308. The molecule has 0 atom stereocenters. The van der Waals surface area contributed by atoms with Gasteiger partial charge in [0.25, 0.3) is 5.56 Å². The normalized spacial score (nSPS) is 11.6. The molecule has 0 spiro atoms. The molecule has 2 aromatic heterocycles. The maximum atomic E-state index is 14.2. The molecular formula is C13H13FN4OS. The first-order valence-corrected chi connectivity index (χ1v) is 7.36. The molecule has 0 bridgehead atoms. The molecule has 0 fully saturated rings. The van der Waals surface area contributed by atoms with E-state index in [-0.39, 0.29) is 11.1 Å². The van der Waals surface area contributed by atoms with E-state index < -0.39 is 5.82 Å². The SMILES string of the molecule is CCSc1nnc2n(CC)c(=O)c3cccc(F)c3n12. The van der Waals surface area contributed by atoms with Crippen LogP contribution in [0.3, 0.4) is 0 Å². The molecule has 20 heavy (non-hydrogen) atoms. The van der Waals surface area contributed by atoms with Crippen molar-refractivity contribution in [2.75, 3.05) is 5.75 Å². The predicted octanol–water partition coefficient (Wildman–Crippen LogP) is 2.32. The molecule has 1 aromatic carbocycles. The molecule has 2 heterocycles. The second-order valence-corrected chi connectivity index (χ2v) is 5.47. The number of nitrogens with zero attached hydrogens (tertiary/aromatic N) is 4. The van der Waals surface area contributed by atoms with Gasteiger partial charge in [-0.25, -0.2) is 4.39 Å². The summed E-state index contributed by atoms with van der Waals surface area (Å²) in [6.45, 7) is 4.30. The standard InChI is InChI=1S/C13H13FN4OS/c1-3-17-11(19)8-6-5-7-9(14)10(8)18-12(17)15-16-13(18)20-4-2/h5-7H,3-4H2,1-2H3. The van der Waals surface area contributed by atoms with Crippen LogP contribution in [0.5, 0.6) is 0 Å². The number of aryl methyl sites for hydroxylation is 1. The molecule has 0 amide bonds. The van der Waals surface area contributed by atoms with Crippen LogP contribution in [0.4, 0.5) is 4.39 Å². The smallest absolute Gasteiger partial charge is 0.262 e. The number of benzene rings is 1. The molecule has 0 aliphatic rings. The number of rotatable bonds is 3. The van der Waals surface area contributed by atoms with Crippen LogP contribution in [0, 0.1) is 5.82 Å². The van der Waals surface area contributed by atoms with Crippen molar-refractivity contribution in [1.82, 2.24) is 19.2 Å². The molecule has 0 unspecified atom stereocenters. The monoisotopic (exact) mass is 292 g/mol. The van der Waals surface area contributed by atoms with Crippen molar-refractivity contribution >= 4 is 28.4 Å². The second-order valence-electron chi connectivity index (χ2n) is 4.24. The Morgan fingerprint density at radius 1 is 1.30 bits per heavy atom. The zero-order valence-corrected chi connectivity index (χ0v) is 11.9. The number of aromatic nitrogens is 4. The Bertz CT molecular complexity index is 855. The first kappa shape index (κ1) is 13.1. The van der Waals surface area contributed by atoms with Crippen LogP contribution in [-0.2, 0) is 6.54 Å². The van der Waals surface area contributed by atoms with E-state index in [1.54, 1.807) is 16.5 Å². The van der Waals surface area contributed by atoms with E-state index >= 15 is 0 Å². The highest BCUT2D eigenvalue weighted by atomic mass is 32.2. The minimum atomic E-state index is -0.439. The van der Waals surface area contributed by atoms with Gasteiger partial charge in [0, 0.05) is 6.54 Å². The van der Waals surface area contributed by atoms with Crippen molar-refractivity contribution in [1.29, 1.82) is 0 Å². The molecular weight excluding hydrogens is 279 g/mol. The van der Waals surface area contributed by atoms with Crippen molar-refractivity contribution in [3.8, 4) is 0 Å². The van der Waals surface area contributed by atoms with Gasteiger partial charge in [0.05, 0.1) is 10.9 Å². The molecule has 0 saturated heterocycles. The molecule has 104 valence electrons. The highest BCUT2D eigenvalue weighted by Crippen LogP contribution is 2.22. The number of hydrogen-bond acceptors (Lipinski definition) is 4. The lowest BCUT2D eigenvalue weighted by molar-refractivity contribution is 0.630. The highest BCUT2D eigenvalue weighted by Gasteiger charge is 2.17. The Hall–Kier alpha value is -1.89. The van der Waals surface area contributed by atoms with E-state index in [9.17, 15) is 9.18 Å². The topological polar surface area (TPSA) is 52.2 Å². The summed E-state index contributed by atoms with van der Waals surface area (Å²) in [4.78, 5) is 12.4. The number of thioether (sulfide) groups is 1. The van der Waals surface area contributed by atoms with Crippen LogP contribution in [0.1, 0.15) is 13.8 Å². The van der Waals surface area contributed by atoms with Crippen LogP contribution in [0.25, 0.3) is 16.7 Å². The van der Waals surface area contributed by atoms with E-state index in [1.165, 1.54) is 22.4 Å². The van der Waals surface area contributed by atoms with Gasteiger partial charge in [-0.3, -0.25) is 13.8 Å². The van der Waals surface area contributed by atoms with Gasteiger partial charge in [-0.2, -0.15) is 0 Å². The van der Waals surface area contributed by atoms with E-state index in [0.29, 0.717) is 22.9 Å². The van der Waals surface area contributed by atoms with Crippen molar-refractivity contribution in [3.63, 3.8) is 0 Å². The summed E-state index contributed by atoms with van der Waals surface area (Å²) in [7, 11) is 0. The first-order valence-electron chi connectivity index (χ1n) is 6.38. The third-order valence-electron chi connectivity index (χ3n) is 3.13. The zero-order valence-electron chi connectivity index (χ0n) is 11.1. The van der Waals surface area contributed by atoms with Gasteiger partial charge < -0.3 is 0 Å². The molecule has 3 aromatic rings. The van der Waals surface area contributed by atoms with Crippen molar-refractivity contribution in [2.45, 2.75) is 25.5 Å². The molecule has 0 aliphatic carbocycles. The van der Waals surface area contributed by atoms with Gasteiger partial charge in [0.1, 0.15) is 5.82 Å². The number of halogens is 1. The molecule has 0 saturated carbocycles. The number of fused-ring (bicyclic) bond motifs is 3. The fourth-order valence-electron chi connectivity index (χ4n) is 2.29. The minimum absolute atomic E-state index is 0.241. The largest absolute Gasteiger partial charge is 0.277 e. The summed E-state index contributed by atoms with van der Waals surface area (Å²) in [6.07, 6.45) is 0. The van der Waals surface area contributed by atoms with E-state index in [0.717, 1.165) is 5.75 Å². The van der Waals surface area contributed by atoms with Crippen LogP contribution >= 0.6 is 11.8 Å². The average molecular weight is 292 g/mol. The second kappa shape index (κ2) is 4.90. The van der Waals surface area contributed by atoms with Gasteiger partial charge in [0.2, 0.25) is 5.78 Å². The van der Waals surface area contributed by atoms with E-state index in [4.69, 9.17) is 0 Å². The average Bonchev–Trinajstić information content (AvgIpc) is 2.84. The summed E-state index contributed by atoms with van der Waals surface area (Å²) < 4.78 is 17.3. The van der Waals surface area contributed by atoms with Crippen molar-refractivity contribution in [3.05, 3.63) is 34.4 Å². The van der Waals surface area contributed by atoms with Crippen LogP contribution in [-0.4, -0.2) is 24.9 Å². The summed E-state index contributed by atoms with van der Waals surface area (Å²) in [6, 6.07) is 4.52. The maximum Gasteiger partial charge on any atom is 0.262 e. The minimum Gasteiger partial charge on any atom is -0.277 e. The third kappa shape index (κ3) is 1.73. The predicted molar refractivity (Wildman–Crippen MR) is 76.8 cm³/mol. The van der Waals surface area contributed by atoms with Crippen LogP contribution in [0.15, 0.2) is 28.2 Å². The van der Waals surface area contributed by atoms with Gasteiger partial charge in [-0.05, 0) is 24.8 Å². The molecule has 0 aliphatic heterocycles. The lowest BCUT2D eigenvalue weighted by Crippen LogP contribution is -2.23. The van der Waals surface area contributed by atoms with E-state index in [1.807, 2.05) is 13.8 Å². The van der Waals surface area contributed by atoms with Crippen molar-refractivity contribution in [2.24, 2.45) is 0 Å². The molecule has 5 nitrogen and oxygen atoms in total. The van der Waals surface area contributed by atoms with Crippen molar-refractivity contribution < 1.29 is 4.39 Å². The summed E-state index contributed by atoms with van der Waals surface area (Å²) in [5, 5.41) is 9.07. The lowest BCUT2D eigenvalue weighted by Gasteiger charge is -2.09. The van der Waals surface area contributed by atoms with Crippen LogP contribution in [0.2, 0.25) is 0 Å². The Labute approximate surface area is 118 Å². The molecule has 0 N–H and O–H groups in total. The summed E-state index contributed by atoms with van der Waals surface area (Å²) >= 11 is 1.47. The lowest BCUT2D eigenvalue weighted by atomic mass is 10.2. The van der Waals surface area contributed by atoms with Gasteiger partial charge >= 0.3 is 0 Å². The van der Waals surface area contributed by atoms with Crippen LogP contribution < -0.4 is 5.56 Å². The van der Waals surface area contributed by atoms with Gasteiger partial charge in [0.15, 0.2) is 5.16 Å². The Morgan fingerprint density at radius 2 is 2.10 bits per heavy atom. The molecule has 0 radical (unpaired) electrons. The Morgan fingerprint density at radius 3 is 2.80 bits per heavy atom. The number of hydrogen-bond donors (Lipinski definition) is 0. The van der Waals surface area contributed by atoms with Gasteiger partial charge in [-0.1, -0.05) is 24.8 Å². The van der Waals surface area contributed by atoms with Gasteiger partial charge in [-0.15, -0.1) is 10.2 Å². The zero-order chi connectivity index (χ0) is 14.3. The summed E-state index contributed by atoms with van der Waals surface area (Å²) in [5.74, 6) is 0.735. The van der Waals surface area contributed by atoms with E-state index in [2.05, 4.69) is 10.2 Å². The third-order valence-corrected chi connectivity index (χ3v) is 3.94. The summed E-state index contributed by atoms with van der Waals surface area (Å²) in [5.41, 5.74) is 0.00750. The fourth-order valence-corrected chi connectivity index (χ4v) is 2.95. The molecule has 3 rings (SSSR count).